The lowest BCUT2D eigenvalue weighted by Gasteiger charge is -2.36. The summed E-state index contributed by atoms with van der Waals surface area (Å²) < 4.78 is 12.3. The van der Waals surface area contributed by atoms with Crippen LogP contribution in [0.2, 0.25) is 0 Å². The van der Waals surface area contributed by atoms with E-state index in [4.69, 9.17) is 11.6 Å². The van der Waals surface area contributed by atoms with Gasteiger partial charge in [0.05, 0.1) is 0 Å². The summed E-state index contributed by atoms with van der Waals surface area (Å²) in [5.41, 5.74) is 7.00. The molecule has 1 amide bonds. The molecule has 19 heavy (non-hydrogen) atoms. The number of amides is 1. The van der Waals surface area contributed by atoms with Gasteiger partial charge in [-0.05, 0) is 18.4 Å². The zero-order chi connectivity index (χ0) is 13.9. The van der Waals surface area contributed by atoms with Gasteiger partial charge in [-0.15, -0.1) is 0 Å². The quantitative estimate of drug-likeness (QED) is 0.421. The molecule has 1 fully saturated rings. The third-order valence-corrected chi connectivity index (χ3v) is 5.09. The van der Waals surface area contributed by atoms with Crippen LogP contribution < -0.4 is 16.7 Å². The molecular formula is C12H19N4O2P. The van der Waals surface area contributed by atoms with Crippen LogP contribution in [0.3, 0.4) is 0 Å². The highest BCUT2D eigenvalue weighted by Crippen LogP contribution is 2.38. The summed E-state index contributed by atoms with van der Waals surface area (Å²) >= 11 is 0. The minimum absolute atomic E-state index is 0.402. The first-order chi connectivity index (χ1) is 9.04. The first-order valence-electron chi connectivity index (χ1n) is 6.22. The van der Waals surface area contributed by atoms with Gasteiger partial charge in [0.15, 0.2) is 13.2 Å². The topological polar surface area (TPSA) is 101 Å². The number of nitrogens with zero attached hydrogens (tertiary/aromatic N) is 1. The number of piperidine rings is 1. The maximum Gasteiger partial charge on any atom is 0.265 e. The molecule has 1 aliphatic heterocycles. The second-order valence-electron chi connectivity index (χ2n) is 4.74. The third kappa shape index (κ3) is 3.04. The zero-order valence-corrected chi connectivity index (χ0v) is 11.6. The summed E-state index contributed by atoms with van der Waals surface area (Å²) in [5, 5.41) is 2.59. The van der Waals surface area contributed by atoms with E-state index in [0.29, 0.717) is 25.9 Å². The lowest BCUT2D eigenvalue weighted by Crippen LogP contribution is -2.59. The van der Waals surface area contributed by atoms with E-state index in [1.807, 2.05) is 30.3 Å². The molecule has 0 radical (unpaired) electrons. The van der Waals surface area contributed by atoms with E-state index in [9.17, 15) is 9.36 Å². The van der Waals surface area contributed by atoms with E-state index >= 15 is 0 Å². The van der Waals surface area contributed by atoms with E-state index < -0.39 is 19.1 Å². The molecule has 6 nitrogen and oxygen atoms in total. The van der Waals surface area contributed by atoms with Crippen LogP contribution in [0.1, 0.15) is 18.4 Å². The van der Waals surface area contributed by atoms with Crippen LogP contribution in [-0.2, 0) is 15.9 Å². The number of hydrogen-bond acceptors (Lipinski definition) is 4. The summed E-state index contributed by atoms with van der Waals surface area (Å²) in [7, 11) is -2.46. The highest BCUT2D eigenvalue weighted by molar-refractivity contribution is 7.45. The average Bonchev–Trinajstić information content (AvgIpc) is 2.43. The van der Waals surface area contributed by atoms with Crippen LogP contribution in [0.15, 0.2) is 30.3 Å². The lowest BCUT2D eigenvalue weighted by atomic mass is 10.1. The van der Waals surface area contributed by atoms with E-state index in [1.54, 1.807) is 0 Å². The number of hydrogen-bond donors (Lipinski definition) is 3. The monoisotopic (exact) mass is 282 g/mol. The first-order valence-corrected chi connectivity index (χ1v) is 7.62. The summed E-state index contributed by atoms with van der Waals surface area (Å²) in [4.78, 5) is 12.0. The Bertz CT molecular complexity index is 482. The molecule has 1 aromatic carbocycles. The van der Waals surface area contributed by atoms with Gasteiger partial charge in [0.1, 0.15) is 0 Å². The van der Waals surface area contributed by atoms with Crippen molar-refractivity contribution in [1.29, 1.82) is 0 Å². The number of nitrogens with one attached hydrogen (secondary N) is 1. The second kappa shape index (κ2) is 5.84. The summed E-state index contributed by atoms with van der Waals surface area (Å²) in [6.45, 7) is 0.890. The van der Waals surface area contributed by atoms with Crippen LogP contribution in [0, 0.1) is 0 Å². The van der Waals surface area contributed by atoms with Crippen molar-refractivity contribution in [3.63, 3.8) is 0 Å². The maximum atomic E-state index is 12.3. The Balaban J connectivity index is 2.01. The summed E-state index contributed by atoms with van der Waals surface area (Å²) in [6, 6.07) is 9.56. The number of hydrazine groups is 1. The number of benzene rings is 1. The molecule has 7 heteroatoms. The minimum atomic E-state index is -2.46. The van der Waals surface area contributed by atoms with Gasteiger partial charge in [-0.3, -0.25) is 14.9 Å². The number of rotatable bonds is 4. The van der Waals surface area contributed by atoms with Gasteiger partial charge in [-0.1, -0.05) is 30.3 Å². The molecule has 5 N–H and O–H groups in total. The van der Waals surface area contributed by atoms with Crippen LogP contribution >= 0.6 is 7.95 Å². The van der Waals surface area contributed by atoms with Gasteiger partial charge < -0.3 is 10.3 Å². The fourth-order valence-electron chi connectivity index (χ4n) is 2.14. The SMILES string of the molecule is NN1CCC[C@](N)([PH](=O)NCc2ccccc2)C1=O. The molecule has 0 bridgehead atoms. The Morgan fingerprint density at radius 1 is 1.37 bits per heavy atom. The van der Waals surface area contributed by atoms with Gasteiger partial charge in [-0.25, -0.2) is 5.84 Å². The Morgan fingerprint density at radius 3 is 2.74 bits per heavy atom. The Hall–Kier alpha value is -1.20. The van der Waals surface area contributed by atoms with Crippen molar-refractivity contribution in [3.05, 3.63) is 35.9 Å². The predicted octanol–water partition coefficient (Wildman–Crippen LogP) is 0.402. The molecule has 0 saturated carbocycles. The average molecular weight is 282 g/mol. The molecular weight excluding hydrogens is 263 g/mol. The van der Waals surface area contributed by atoms with Gasteiger partial charge in [-0.2, -0.15) is 0 Å². The molecule has 2 rings (SSSR count). The lowest BCUT2D eigenvalue weighted by molar-refractivity contribution is -0.136. The zero-order valence-electron chi connectivity index (χ0n) is 10.6. The largest absolute Gasteiger partial charge is 0.310 e. The molecule has 0 spiro atoms. The van der Waals surface area contributed by atoms with Crippen molar-refractivity contribution in [3.8, 4) is 0 Å². The highest BCUT2D eigenvalue weighted by Gasteiger charge is 2.44. The van der Waals surface area contributed by atoms with Gasteiger partial charge in [0, 0.05) is 13.1 Å². The molecule has 1 aromatic rings. The smallest absolute Gasteiger partial charge is 0.265 e. The molecule has 0 aromatic heterocycles. The van der Waals surface area contributed by atoms with Crippen molar-refractivity contribution >= 4 is 13.9 Å². The van der Waals surface area contributed by atoms with Crippen molar-refractivity contribution in [2.45, 2.75) is 24.7 Å². The number of nitrogens with two attached hydrogens (primary N) is 2. The predicted molar refractivity (Wildman–Crippen MR) is 74.3 cm³/mol. The maximum absolute atomic E-state index is 12.3. The number of carbonyl (C=O) groups excluding carboxylic acids is 1. The van der Waals surface area contributed by atoms with Crippen molar-refractivity contribution in [1.82, 2.24) is 10.1 Å². The Labute approximate surface area is 112 Å². The molecule has 2 atom stereocenters. The van der Waals surface area contributed by atoms with E-state index in [2.05, 4.69) is 5.09 Å². The Morgan fingerprint density at radius 2 is 2.05 bits per heavy atom. The molecule has 1 aliphatic rings. The number of carbonyl (C=O) groups is 1. The van der Waals surface area contributed by atoms with E-state index in [1.165, 1.54) is 0 Å². The molecule has 104 valence electrons. The van der Waals surface area contributed by atoms with Crippen LogP contribution in [0.25, 0.3) is 0 Å². The van der Waals surface area contributed by atoms with E-state index in [-0.39, 0.29) is 0 Å². The van der Waals surface area contributed by atoms with Gasteiger partial charge in [0.25, 0.3) is 5.91 Å². The fourth-order valence-corrected chi connectivity index (χ4v) is 3.56. The molecule has 1 heterocycles. The summed E-state index contributed by atoms with van der Waals surface area (Å²) in [6.07, 6.45) is 1.07. The van der Waals surface area contributed by atoms with E-state index in [0.717, 1.165) is 10.6 Å². The summed E-state index contributed by atoms with van der Waals surface area (Å²) in [5.74, 6) is 5.11. The molecule has 0 aliphatic carbocycles. The van der Waals surface area contributed by atoms with Gasteiger partial charge in [0.2, 0.25) is 0 Å². The molecule has 1 unspecified atom stereocenters. The Kier molecular flexibility index (Phi) is 4.37. The standard InChI is InChI=1S/C12H19N4O2P/c13-12(7-4-8-16(14)11(12)17)19(18)15-9-10-5-2-1-3-6-10/h1-3,5-6,19H,4,7-9,13-14H2,(H,15,18)/t12-/m0/s1. The van der Waals surface area contributed by atoms with Crippen LogP contribution in [0.5, 0.6) is 0 Å². The highest BCUT2D eigenvalue weighted by atomic mass is 31.1. The van der Waals surface area contributed by atoms with Crippen LogP contribution in [0.4, 0.5) is 0 Å². The van der Waals surface area contributed by atoms with Crippen molar-refractivity contribution < 1.29 is 9.36 Å². The fraction of sp³-hybridized carbons (Fsp3) is 0.417. The second-order valence-corrected chi connectivity index (χ2v) is 6.65. The third-order valence-electron chi connectivity index (χ3n) is 3.31. The first kappa shape index (κ1) is 14.2. The minimum Gasteiger partial charge on any atom is -0.310 e. The normalized spacial score (nSPS) is 25.4. The van der Waals surface area contributed by atoms with Crippen molar-refractivity contribution in [2.24, 2.45) is 11.6 Å². The van der Waals surface area contributed by atoms with Gasteiger partial charge >= 0.3 is 0 Å². The molecule has 1 saturated heterocycles. The van der Waals surface area contributed by atoms with Crippen molar-refractivity contribution in [2.75, 3.05) is 6.54 Å². The van der Waals surface area contributed by atoms with Crippen LogP contribution in [-0.4, -0.2) is 22.7 Å².